The highest BCUT2D eigenvalue weighted by atomic mass is 32.3. The summed E-state index contributed by atoms with van der Waals surface area (Å²) in [6.45, 7) is 22.4. The van der Waals surface area contributed by atoms with E-state index in [1.165, 1.54) is 44.5 Å². The molecule has 2 aliphatic heterocycles. The highest BCUT2D eigenvalue weighted by Crippen LogP contribution is 2.20. The molecule has 13 heteroatoms. The van der Waals surface area contributed by atoms with Crippen molar-refractivity contribution in [3.63, 3.8) is 0 Å². The fourth-order valence-corrected chi connectivity index (χ4v) is 5.66. The van der Waals surface area contributed by atoms with Crippen molar-refractivity contribution in [2.45, 2.75) is 54.6 Å². The summed E-state index contributed by atoms with van der Waals surface area (Å²) in [7, 11) is -5.17. The number of benzene rings is 2. The minimum Gasteiger partial charge on any atom is -0.759 e. The zero-order valence-corrected chi connectivity index (χ0v) is 27.2. The van der Waals surface area contributed by atoms with Gasteiger partial charge in [0.05, 0.1) is 0 Å². The highest BCUT2D eigenvalue weighted by Gasteiger charge is 2.20. The molecule has 2 fully saturated rings. The van der Waals surface area contributed by atoms with E-state index in [1.54, 1.807) is 0 Å². The van der Waals surface area contributed by atoms with Crippen LogP contribution in [0.1, 0.15) is 44.5 Å². The van der Waals surface area contributed by atoms with E-state index in [4.69, 9.17) is 39.8 Å². The van der Waals surface area contributed by atoms with E-state index in [1.807, 2.05) is 9.80 Å². The molecular formula is C30H48N8O4S-2. The molecule has 2 saturated heterocycles. The predicted molar refractivity (Wildman–Crippen MR) is 169 cm³/mol. The van der Waals surface area contributed by atoms with Crippen molar-refractivity contribution in [1.82, 2.24) is 19.6 Å². The SMILES string of the molecule is Cc1cc(C)c(CN2CCN(C(=N)N)CC2)c(C)c1.Cc1cc(C)c(CN2CCN(C(=N)N)CC2)c(C)c1.O=S(=O)([O-])[O-]. The van der Waals surface area contributed by atoms with E-state index in [0.717, 1.165) is 65.4 Å². The monoisotopic (exact) mass is 616 g/mol. The molecule has 12 nitrogen and oxygen atoms in total. The molecule has 0 radical (unpaired) electrons. The maximum Gasteiger partial charge on any atom is 0.188 e. The summed E-state index contributed by atoms with van der Waals surface area (Å²) >= 11 is 0. The zero-order chi connectivity index (χ0) is 32.5. The molecular weight excluding hydrogens is 568 g/mol. The van der Waals surface area contributed by atoms with Crippen LogP contribution in [0.5, 0.6) is 0 Å². The van der Waals surface area contributed by atoms with Gasteiger partial charge in [-0.15, -0.1) is 0 Å². The van der Waals surface area contributed by atoms with Crippen LogP contribution in [0.25, 0.3) is 0 Å². The maximum atomic E-state index is 8.52. The Kier molecular flexibility index (Phi) is 13.4. The second-order valence-electron chi connectivity index (χ2n) is 11.5. The van der Waals surface area contributed by atoms with E-state index in [0.29, 0.717) is 0 Å². The summed E-state index contributed by atoms with van der Waals surface area (Å²) in [5.41, 5.74) is 22.1. The first-order chi connectivity index (χ1) is 19.9. The summed E-state index contributed by atoms with van der Waals surface area (Å²) in [5.74, 6) is 0.393. The molecule has 2 aliphatic rings. The smallest absolute Gasteiger partial charge is 0.188 e. The summed E-state index contributed by atoms with van der Waals surface area (Å²) in [4.78, 5) is 8.77. The van der Waals surface area contributed by atoms with Crippen molar-refractivity contribution in [2.75, 3.05) is 52.4 Å². The van der Waals surface area contributed by atoms with Gasteiger partial charge in [0.15, 0.2) is 11.9 Å². The van der Waals surface area contributed by atoms with Gasteiger partial charge in [-0.2, -0.15) is 0 Å². The van der Waals surface area contributed by atoms with Crippen molar-refractivity contribution < 1.29 is 17.5 Å². The van der Waals surface area contributed by atoms with Crippen molar-refractivity contribution >= 4 is 22.3 Å². The van der Waals surface area contributed by atoms with E-state index >= 15 is 0 Å². The molecule has 2 aromatic rings. The van der Waals surface area contributed by atoms with Crippen LogP contribution < -0.4 is 11.5 Å². The summed E-state index contributed by atoms with van der Waals surface area (Å²) in [5, 5.41) is 14.9. The Balaban J connectivity index is 0.000000260. The van der Waals surface area contributed by atoms with Crippen LogP contribution in [0, 0.1) is 52.4 Å². The van der Waals surface area contributed by atoms with Crippen molar-refractivity contribution in [3.8, 4) is 0 Å². The van der Waals surface area contributed by atoms with Gasteiger partial charge in [-0.3, -0.25) is 29.0 Å². The van der Waals surface area contributed by atoms with Gasteiger partial charge in [0.2, 0.25) is 0 Å². The number of guanidine groups is 2. The molecule has 2 aromatic carbocycles. The largest absolute Gasteiger partial charge is 0.759 e. The van der Waals surface area contributed by atoms with Gasteiger partial charge in [-0.05, 0) is 74.9 Å². The molecule has 0 bridgehead atoms. The Morgan fingerprint density at radius 2 is 0.860 bits per heavy atom. The molecule has 6 N–H and O–H groups in total. The van der Waals surface area contributed by atoms with Crippen LogP contribution in [0.3, 0.4) is 0 Å². The van der Waals surface area contributed by atoms with E-state index in [9.17, 15) is 0 Å². The second-order valence-corrected chi connectivity index (χ2v) is 12.3. The molecule has 240 valence electrons. The molecule has 0 unspecified atom stereocenters. The lowest BCUT2D eigenvalue weighted by atomic mass is 9.99. The van der Waals surface area contributed by atoms with Gasteiger partial charge >= 0.3 is 0 Å². The van der Waals surface area contributed by atoms with Crippen LogP contribution in [0.15, 0.2) is 24.3 Å². The molecule has 43 heavy (non-hydrogen) atoms. The van der Waals surface area contributed by atoms with Crippen molar-refractivity contribution in [1.29, 1.82) is 10.8 Å². The van der Waals surface area contributed by atoms with Gasteiger partial charge in [-0.1, -0.05) is 35.4 Å². The molecule has 0 amide bonds. The molecule has 0 spiro atoms. The number of hydrogen-bond acceptors (Lipinski definition) is 8. The fraction of sp³-hybridized carbons (Fsp3) is 0.533. The average Bonchev–Trinajstić information content (AvgIpc) is 2.88. The van der Waals surface area contributed by atoms with Gasteiger partial charge < -0.3 is 30.4 Å². The molecule has 0 aliphatic carbocycles. The molecule has 0 aromatic heterocycles. The van der Waals surface area contributed by atoms with Gasteiger partial charge in [0.25, 0.3) is 0 Å². The quantitative estimate of drug-likeness (QED) is 0.171. The highest BCUT2D eigenvalue weighted by molar-refractivity contribution is 7.79. The van der Waals surface area contributed by atoms with Crippen LogP contribution in [0.4, 0.5) is 0 Å². The molecule has 2 heterocycles. The second kappa shape index (κ2) is 16.0. The third kappa shape index (κ3) is 12.5. The number of nitrogens with one attached hydrogen (secondary N) is 2. The first-order valence-electron chi connectivity index (χ1n) is 14.4. The Morgan fingerprint density at radius 1 is 0.628 bits per heavy atom. The Bertz CT molecular complexity index is 1220. The lowest BCUT2D eigenvalue weighted by molar-refractivity contribution is 0.173. The van der Waals surface area contributed by atoms with Gasteiger partial charge in [0.1, 0.15) is 0 Å². The number of hydrogen-bond donors (Lipinski definition) is 4. The average molecular weight is 617 g/mol. The number of nitrogens with two attached hydrogens (primary N) is 2. The number of piperazine rings is 2. The third-order valence-electron chi connectivity index (χ3n) is 7.87. The molecule has 0 atom stereocenters. The van der Waals surface area contributed by atoms with E-state index < -0.39 is 10.4 Å². The standard InChI is InChI=1S/2C15H24N4.H2O4S/c2*1-11-8-12(2)14(13(3)9-11)10-18-4-6-19(7-5-18)15(16)17;1-5(2,3)4/h2*8-9H,4-7,10H2,1-3H3,(H3,16,17);(H2,1,2,3,4)/p-2. The van der Waals surface area contributed by atoms with Gasteiger partial charge in [-0.25, -0.2) is 0 Å². The number of aryl methyl sites for hydroxylation is 6. The minimum absolute atomic E-state index is 0.197. The van der Waals surface area contributed by atoms with Crippen LogP contribution >= 0.6 is 0 Å². The molecule has 4 rings (SSSR count). The predicted octanol–water partition coefficient (Wildman–Crippen LogP) is 1.91. The third-order valence-corrected chi connectivity index (χ3v) is 7.87. The topological polar surface area (TPSA) is 193 Å². The number of nitrogens with zero attached hydrogens (tertiary/aromatic N) is 4. The molecule has 0 saturated carbocycles. The Labute approximate surface area is 257 Å². The summed E-state index contributed by atoms with van der Waals surface area (Å²) in [6, 6.07) is 9.03. The van der Waals surface area contributed by atoms with E-state index in [2.05, 4.69) is 75.6 Å². The Hall–Kier alpha value is -3.23. The Morgan fingerprint density at radius 3 is 1.07 bits per heavy atom. The van der Waals surface area contributed by atoms with Crippen LogP contribution in [-0.4, -0.2) is 101 Å². The first-order valence-corrected chi connectivity index (χ1v) is 15.7. The van der Waals surface area contributed by atoms with E-state index in [-0.39, 0.29) is 11.9 Å². The van der Waals surface area contributed by atoms with Crippen molar-refractivity contribution in [2.24, 2.45) is 11.5 Å². The van der Waals surface area contributed by atoms with Gasteiger partial charge in [0, 0.05) is 75.8 Å². The lowest BCUT2D eigenvalue weighted by Crippen LogP contribution is -2.50. The lowest BCUT2D eigenvalue weighted by Gasteiger charge is -2.35. The van der Waals surface area contributed by atoms with Crippen LogP contribution in [0.2, 0.25) is 0 Å². The number of rotatable bonds is 4. The zero-order valence-electron chi connectivity index (χ0n) is 26.4. The maximum absolute atomic E-state index is 8.52. The van der Waals surface area contributed by atoms with Crippen LogP contribution in [-0.2, 0) is 23.5 Å². The summed E-state index contributed by atoms with van der Waals surface area (Å²) < 4.78 is 34.1. The van der Waals surface area contributed by atoms with Crippen molar-refractivity contribution in [3.05, 3.63) is 68.8 Å². The normalized spacial score (nSPS) is 16.1. The first kappa shape index (κ1) is 36.0. The summed E-state index contributed by atoms with van der Waals surface area (Å²) in [6.07, 6.45) is 0. The fourth-order valence-electron chi connectivity index (χ4n) is 5.66. The minimum atomic E-state index is -5.17.